The molecule has 4 rings (SSSR count). The predicted octanol–water partition coefficient (Wildman–Crippen LogP) is 4.24. The highest BCUT2D eigenvalue weighted by Gasteiger charge is 2.20. The maximum atomic E-state index is 13.9. The lowest BCUT2D eigenvalue weighted by Crippen LogP contribution is -2.03. The number of methoxy groups -OCH3 is 1. The zero-order chi connectivity index (χ0) is 20.5. The van der Waals surface area contributed by atoms with Gasteiger partial charge in [-0.15, -0.1) is 0 Å². The highest BCUT2D eigenvalue weighted by Crippen LogP contribution is 2.34. The molecule has 0 amide bonds. The zero-order valence-electron chi connectivity index (χ0n) is 14.8. The van der Waals surface area contributed by atoms with Gasteiger partial charge in [-0.2, -0.15) is 9.49 Å². The van der Waals surface area contributed by atoms with E-state index in [0.29, 0.717) is 16.3 Å². The van der Waals surface area contributed by atoms with Crippen molar-refractivity contribution >= 4 is 34.4 Å². The van der Waals surface area contributed by atoms with Gasteiger partial charge in [0.15, 0.2) is 0 Å². The van der Waals surface area contributed by atoms with E-state index in [1.54, 1.807) is 16.9 Å². The number of aromatic nitrogens is 4. The van der Waals surface area contributed by atoms with Crippen molar-refractivity contribution in [3.05, 3.63) is 69.9 Å². The van der Waals surface area contributed by atoms with Crippen LogP contribution in [0.5, 0.6) is 5.75 Å². The lowest BCUT2D eigenvalue weighted by Gasteiger charge is -2.11. The molecule has 3 heterocycles. The standard InChI is InChI=1S/C18H12ClFN6O3/c1-29-16-6-12(20)15(26(27)28)7-13(16)23-18-21-9-11(19)17(24-18)10-8-22-25-5-3-2-4-14(10)25/h2-9H,1H3,(H,21,23,24). The van der Waals surface area contributed by atoms with E-state index >= 15 is 0 Å². The Hall–Kier alpha value is -3.79. The quantitative estimate of drug-likeness (QED) is 0.384. The van der Waals surface area contributed by atoms with Gasteiger partial charge in [-0.05, 0) is 12.1 Å². The number of benzene rings is 1. The molecule has 0 radical (unpaired) electrons. The van der Waals surface area contributed by atoms with Crippen LogP contribution in [0.1, 0.15) is 0 Å². The van der Waals surface area contributed by atoms with Crippen molar-refractivity contribution in [2.24, 2.45) is 0 Å². The third-order valence-electron chi connectivity index (χ3n) is 4.14. The van der Waals surface area contributed by atoms with Crippen LogP contribution in [0, 0.1) is 15.9 Å². The molecule has 0 aliphatic heterocycles. The van der Waals surface area contributed by atoms with Crippen LogP contribution in [0.3, 0.4) is 0 Å². The van der Waals surface area contributed by atoms with Gasteiger partial charge >= 0.3 is 5.69 Å². The largest absolute Gasteiger partial charge is 0.494 e. The predicted molar refractivity (Wildman–Crippen MR) is 104 cm³/mol. The first kappa shape index (κ1) is 18.6. The van der Waals surface area contributed by atoms with Crippen molar-refractivity contribution in [3.8, 4) is 17.0 Å². The fraction of sp³-hybridized carbons (Fsp3) is 0.0556. The Bertz CT molecular complexity index is 1250. The molecule has 0 bridgehead atoms. The second kappa shape index (κ2) is 7.32. The highest BCUT2D eigenvalue weighted by atomic mass is 35.5. The van der Waals surface area contributed by atoms with E-state index in [9.17, 15) is 14.5 Å². The van der Waals surface area contributed by atoms with Gasteiger partial charge < -0.3 is 10.1 Å². The van der Waals surface area contributed by atoms with Crippen LogP contribution in [-0.2, 0) is 0 Å². The van der Waals surface area contributed by atoms with Crippen LogP contribution >= 0.6 is 11.6 Å². The summed E-state index contributed by atoms with van der Waals surface area (Å²) in [5.41, 5.74) is 1.31. The minimum atomic E-state index is -1.01. The van der Waals surface area contributed by atoms with Crippen LogP contribution < -0.4 is 10.1 Å². The van der Waals surface area contributed by atoms with Gasteiger partial charge in [-0.1, -0.05) is 17.7 Å². The summed E-state index contributed by atoms with van der Waals surface area (Å²) in [7, 11) is 1.32. The number of nitrogens with one attached hydrogen (secondary N) is 1. The van der Waals surface area contributed by atoms with Crippen molar-refractivity contribution in [3.63, 3.8) is 0 Å². The summed E-state index contributed by atoms with van der Waals surface area (Å²) in [4.78, 5) is 18.7. The third-order valence-corrected chi connectivity index (χ3v) is 4.41. The highest BCUT2D eigenvalue weighted by molar-refractivity contribution is 6.33. The maximum absolute atomic E-state index is 13.9. The summed E-state index contributed by atoms with van der Waals surface area (Å²) in [5, 5.41) is 18.4. The molecular weight excluding hydrogens is 403 g/mol. The van der Waals surface area contributed by atoms with Crippen LogP contribution in [0.4, 0.5) is 21.7 Å². The smallest absolute Gasteiger partial charge is 0.307 e. The molecule has 146 valence electrons. The van der Waals surface area contributed by atoms with Crippen molar-refractivity contribution in [2.75, 3.05) is 12.4 Å². The summed E-state index contributed by atoms with van der Waals surface area (Å²) >= 11 is 6.28. The van der Waals surface area contributed by atoms with Gasteiger partial charge in [0.1, 0.15) is 5.75 Å². The number of rotatable bonds is 5. The number of nitrogens with zero attached hydrogens (tertiary/aromatic N) is 5. The summed E-state index contributed by atoms with van der Waals surface area (Å²) in [6.45, 7) is 0. The normalized spacial score (nSPS) is 10.9. The first-order chi connectivity index (χ1) is 14.0. The Morgan fingerprint density at radius 2 is 2.14 bits per heavy atom. The molecule has 0 unspecified atom stereocenters. The molecule has 3 aromatic heterocycles. The van der Waals surface area contributed by atoms with Gasteiger partial charge in [0.2, 0.25) is 11.8 Å². The van der Waals surface area contributed by atoms with Crippen LogP contribution in [0.25, 0.3) is 16.8 Å². The van der Waals surface area contributed by atoms with Crippen LogP contribution in [0.15, 0.2) is 48.9 Å². The molecule has 1 aromatic carbocycles. The van der Waals surface area contributed by atoms with Crippen molar-refractivity contribution < 1.29 is 14.1 Å². The molecule has 0 aliphatic carbocycles. The molecule has 0 atom stereocenters. The molecular formula is C18H12ClFN6O3. The Morgan fingerprint density at radius 1 is 1.31 bits per heavy atom. The Labute approximate surface area is 167 Å². The average Bonchev–Trinajstić information content (AvgIpc) is 3.14. The van der Waals surface area contributed by atoms with Crippen molar-refractivity contribution in [2.45, 2.75) is 0 Å². The first-order valence-corrected chi connectivity index (χ1v) is 8.60. The third kappa shape index (κ3) is 3.41. The second-order valence-electron chi connectivity index (χ2n) is 5.86. The molecule has 4 aromatic rings. The van der Waals surface area contributed by atoms with Gasteiger partial charge in [0, 0.05) is 23.9 Å². The number of fused-ring (bicyclic) bond motifs is 1. The minimum Gasteiger partial charge on any atom is -0.494 e. The van der Waals surface area contributed by atoms with Crippen molar-refractivity contribution in [1.29, 1.82) is 0 Å². The maximum Gasteiger partial charge on any atom is 0.307 e. The molecule has 0 fully saturated rings. The second-order valence-corrected chi connectivity index (χ2v) is 6.27. The Kier molecular flexibility index (Phi) is 4.69. The number of hydrogen-bond donors (Lipinski definition) is 1. The number of nitro groups is 1. The number of nitro benzene ring substituents is 1. The number of pyridine rings is 1. The number of halogens is 2. The Morgan fingerprint density at radius 3 is 2.90 bits per heavy atom. The number of ether oxygens (including phenoxy) is 1. The first-order valence-electron chi connectivity index (χ1n) is 8.22. The van der Waals surface area contributed by atoms with E-state index in [1.165, 1.54) is 13.3 Å². The number of hydrogen-bond acceptors (Lipinski definition) is 7. The molecule has 11 heteroatoms. The van der Waals surface area contributed by atoms with Crippen molar-refractivity contribution in [1.82, 2.24) is 19.6 Å². The number of anilines is 2. The fourth-order valence-electron chi connectivity index (χ4n) is 2.80. The molecule has 0 saturated heterocycles. The van der Waals surface area contributed by atoms with E-state index in [-0.39, 0.29) is 17.4 Å². The summed E-state index contributed by atoms with van der Waals surface area (Å²) in [6, 6.07) is 7.49. The fourth-order valence-corrected chi connectivity index (χ4v) is 3.00. The molecule has 29 heavy (non-hydrogen) atoms. The van der Waals surface area contributed by atoms with Gasteiger partial charge in [0.05, 0.1) is 46.3 Å². The van der Waals surface area contributed by atoms with Gasteiger partial charge in [-0.3, -0.25) is 10.1 Å². The van der Waals surface area contributed by atoms with E-state index in [1.807, 2.05) is 18.2 Å². The summed E-state index contributed by atoms with van der Waals surface area (Å²) in [6.07, 6.45) is 4.80. The van der Waals surface area contributed by atoms with E-state index in [4.69, 9.17) is 16.3 Å². The van der Waals surface area contributed by atoms with Crippen LogP contribution in [-0.4, -0.2) is 31.6 Å². The lowest BCUT2D eigenvalue weighted by molar-refractivity contribution is -0.387. The van der Waals surface area contributed by atoms with E-state index in [2.05, 4.69) is 20.4 Å². The molecule has 0 spiro atoms. The van der Waals surface area contributed by atoms with E-state index in [0.717, 1.165) is 17.6 Å². The monoisotopic (exact) mass is 414 g/mol. The summed E-state index contributed by atoms with van der Waals surface area (Å²) in [5.74, 6) is -0.857. The Balaban J connectivity index is 1.77. The average molecular weight is 415 g/mol. The lowest BCUT2D eigenvalue weighted by atomic mass is 10.2. The van der Waals surface area contributed by atoms with E-state index < -0.39 is 16.4 Å². The molecule has 9 nitrogen and oxygen atoms in total. The molecule has 0 aliphatic rings. The minimum absolute atomic E-state index is 0.0594. The van der Waals surface area contributed by atoms with Crippen LogP contribution in [0.2, 0.25) is 5.02 Å². The molecule has 1 N–H and O–H groups in total. The SMILES string of the molecule is COc1cc(F)c([N+](=O)[O-])cc1Nc1ncc(Cl)c(-c2cnn3ccccc23)n1. The van der Waals surface area contributed by atoms with Gasteiger partial charge in [0.25, 0.3) is 0 Å². The zero-order valence-corrected chi connectivity index (χ0v) is 15.6. The summed E-state index contributed by atoms with van der Waals surface area (Å²) < 4.78 is 20.6. The molecule has 0 saturated carbocycles. The topological polar surface area (TPSA) is 107 Å². The van der Waals surface area contributed by atoms with Gasteiger partial charge in [-0.25, -0.2) is 14.5 Å².